The van der Waals surface area contributed by atoms with E-state index in [0.717, 1.165) is 12.1 Å². The Labute approximate surface area is 165 Å². The van der Waals surface area contributed by atoms with E-state index in [1.54, 1.807) is 0 Å². The predicted octanol–water partition coefficient (Wildman–Crippen LogP) is 1.29. The van der Waals surface area contributed by atoms with Crippen LogP contribution < -0.4 is 16.4 Å². The van der Waals surface area contributed by atoms with Crippen LogP contribution in [0.25, 0.3) is 0 Å². The highest BCUT2D eigenvalue weighted by molar-refractivity contribution is 14.0. The number of benzene rings is 1. The van der Waals surface area contributed by atoms with Crippen LogP contribution in [0.2, 0.25) is 0 Å². The molecule has 2 rings (SSSR count). The standard InChI is InChI=1S/C16H24N4O3S.HI/c1-2-12-4-3-5-13(10-12)20-16(17)18-8-6-15(21)19-14-7-9-24(22,23)11-14;/h3-5,10,14H,2,6-9,11H2,1H3,(H,19,21)(H3,17,18,20);1H. The molecule has 1 aliphatic heterocycles. The Hall–Kier alpha value is -1.36. The van der Waals surface area contributed by atoms with E-state index in [1.807, 2.05) is 24.3 Å². The van der Waals surface area contributed by atoms with Gasteiger partial charge in [-0.25, -0.2) is 8.42 Å². The number of rotatable bonds is 6. The average Bonchev–Trinajstić information content (AvgIpc) is 2.86. The van der Waals surface area contributed by atoms with Crippen LogP contribution in [0.1, 0.15) is 25.3 Å². The largest absolute Gasteiger partial charge is 0.370 e. The lowest BCUT2D eigenvalue weighted by Crippen LogP contribution is -2.36. The van der Waals surface area contributed by atoms with Gasteiger partial charge in [0.25, 0.3) is 0 Å². The summed E-state index contributed by atoms with van der Waals surface area (Å²) in [5.41, 5.74) is 7.86. The lowest BCUT2D eigenvalue weighted by Gasteiger charge is -2.10. The number of nitrogens with one attached hydrogen (secondary N) is 2. The van der Waals surface area contributed by atoms with Crippen LogP contribution in [0.4, 0.5) is 5.69 Å². The second-order valence-electron chi connectivity index (χ2n) is 5.86. The van der Waals surface area contributed by atoms with Gasteiger partial charge in [0.05, 0.1) is 18.1 Å². The lowest BCUT2D eigenvalue weighted by atomic mass is 10.1. The number of nitrogens with two attached hydrogens (primary N) is 1. The van der Waals surface area contributed by atoms with Crippen LogP contribution in [0, 0.1) is 0 Å². The van der Waals surface area contributed by atoms with Crippen molar-refractivity contribution in [3.05, 3.63) is 29.8 Å². The zero-order chi connectivity index (χ0) is 17.6. The smallest absolute Gasteiger partial charge is 0.222 e. The van der Waals surface area contributed by atoms with Gasteiger partial charge in [-0.2, -0.15) is 0 Å². The molecule has 1 fully saturated rings. The van der Waals surface area contributed by atoms with E-state index in [2.05, 4.69) is 22.5 Å². The number of amides is 1. The predicted molar refractivity (Wildman–Crippen MR) is 111 cm³/mol. The number of guanidine groups is 1. The summed E-state index contributed by atoms with van der Waals surface area (Å²) in [6.07, 6.45) is 1.59. The van der Waals surface area contributed by atoms with E-state index >= 15 is 0 Å². The molecule has 0 radical (unpaired) electrons. The number of hydrogen-bond donors (Lipinski definition) is 3. The number of carbonyl (C=O) groups is 1. The number of carbonyl (C=O) groups excluding carboxylic acids is 1. The fourth-order valence-corrected chi connectivity index (χ4v) is 4.22. The molecule has 0 spiro atoms. The Kier molecular flexibility index (Phi) is 8.63. The molecule has 9 heteroatoms. The molecular weight excluding hydrogens is 455 g/mol. The number of aliphatic imine (C=N–C) groups is 1. The Bertz CT molecular complexity index is 722. The number of hydrogen-bond acceptors (Lipinski definition) is 4. The van der Waals surface area contributed by atoms with E-state index in [0.29, 0.717) is 6.42 Å². The third kappa shape index (κ3) is 7.59. The molecule has 0 saturated carbocycles. The van der Waals surface area contributed by atoms with Crippen molar-refractivity contribution in [1.82, 2.24) is 5.32 Å². The van der Waals surface area contributed by atoms with Crippen LogP contribution in [-0.2, 0) is 21.1 Å². The maximum Gasteiger partial charge on any atom is 0.222 e. The first-order chi connectivity index (χ1) is 11.4. The van der Waals surface area contributed by atoms with Crippen LogP contribution in [0.3, 0.4) is 0 Å². The first-order valence-corrected chi connectivity index (χ1v) is 9.86. The zero-order valence-corrected chi connectivity index (χ0v) is 17.3. The molecule has 1 aromatic carbocycles. The molecule has 1 heterocycles. The van der Waals surface area contributed by atoms with Crippen molar-refractivity contribution < 1.29 is 13.2 Å². The van der Waals surface area contributed by atoms with E-state index in [1.165, 1.54) is 5.56 Å². The fraction of sp³-hybridized carbons (Fsp3) is 0.500. The molecule has 0 aromatic heterocycles. The maximum atomic E-state index is 11.8. The minimum Gasteiger partial charge on any atom is -0.370 e. The molecular formula is C16H25IN4O3S. The van der Waals surface area contributed by atoms with E-state index in [9.17, 15) is 13.2 Å². The molecule has 1 saturated heterocycles. The molecule has 25 heavy (non-hydrogen) atoms. The molecule has 0 aliphatic carbocycles. The summed E-state index contributed by atoms with van der Waals surface area (Å²) in [4.78, 5) is 15.9. The van der Waals surface area contributed by atoms with Gasteiger partial charge in [-0.15, -0.1) is 24.0 Å². The van der Waals surface area contributed by atoms with Gasteiger partial charge in [-0.05, 0) is 30.5 Å². The highest BCUT2D eigenvalue weighted by atomic mass is 127. The van der Waals surface area contributed by atoms with Gasteiger partial charge in [-0.3, -0.25) is 9.79 Å². The number of halogens is 1. The van der Waals surface area contributed by atoms with Crippen LogP contribution in [0.5, 0.6) is 0 Å². The van der Waals surface area contributed by atoms with Gasteiger partial charge in [0, 0.05) is 18.2 Å². The number of sulfone groups is 1. The highest BCUT2D eigenvalue weighted by Gasteiger charge is 2.28. The van der Waals surface area contributed by atoms with Crippen molar-refractivity contribution in [3.8, 4) is 0 Å². The summed E-state index contributed by atoms with van der Waals surface area (Å²) in [5, 5.41) is 5.72. The first-order valence-electron chi connectivity index (χ1n) is 8.03. The van der Waals surface area contributed by atoms with Gasteiger partial charge in [0.2, 0.25) is 5.91 Å². The third-order valence-electron chi connectivity index (χ3n) is 3.83. The van der Waals surface area contributed by atoms with Crippen molar-refractivity contribution in [3.63, 3.8) is 0 Å². The van der Waals surface area contributed by atoms with Crippen LogP contribution in [-0.4, -0.2) is 44.4 Å². The third-order valence-corrected chi connectivity index (χ3v) is 5.59. The minimum atomic E-state index is -2.99. The van der Waals surface area contributed by atoms with Gasteiger partial charge >= 0.3 is 0 Å². The lowest BCUT2D eigenvalue weighted by molar-refractivity contribution is -0.121. The van der Waals surface area contributed by atoms with Gasteiger partial charge in [0.1, 0.15) is 0 Å². The molecule has 140 valence electrons. The molecule has 4 N–H and O–H groups in total. The Balaban J connectivity index is 0.00000312. The van der Waals surface area contributed by atoms with Crippen molar-refractivity contribution >= 4 is 51.4 Å². The van der Waals surface area contributed by atoms with Crippen molar-refractivity contribution in [2.75, 3.05) is 23.4 Å². The monoisotopic (exact) mass is 480 g/mol. The van der Waals surface area contributed by atoms with Crippen LogP contribution >= 0.6 is 24.0 Å². The second kappa shape index (κ2) is 9.95. The summed E-state index contributed by atoms with van der Waals surface area (Å²) in [6, 6.07) is 7.59. The quantitative estimate of drug-likeness (QED) is 0.323. The molecule has 1 aromatic rings. The van der Waals surface area contributed by atoms with E-state index < -0.39 is 9.84 Å². The summed E-state index contributed by atoms with van der Waals surface area (Å²) in [5.74, 6) is 0.213. The summed E-state index contributed by atoms with van der Waals surface area (Å²) in [6.45, 7) is 2.32. The Morgan fingerprint density at radius 1 is 1.40 bits per heavy atom. The summed E-state index contributed by atoms with van der Waals surface area (Å²) < 4.78 is 22.7. The molecule has 0 bridgehead atoms. The second-order valence-corrected chi connectivity index (χ2v) is 8.09. The molecule has 7 nitrogen and oxygen atoms in total. The fourth-order valence-electron chi connectivity index (χ4n) is 2.54. The van der Waals surface area contributed by atoms with Crippen molar-refractivity contribution in [2.24, 2.45) is 10.7 Å². The first kappa shape index (κ1) is 21.7. The van der Waals surface area contributed by atoms with Crippen molar-refractivity contribution in [1.29, 1.82) is 0 Å². The SMILES string of the molecule is CCc1cccc(NC(N)=NCCC(=O)NC2CCS(=O)(=O)C2)c1.I. The Morgan fingerprint density at radius 3 is 2.80 bits per heavy atom. The molecule has 1 aliphatic rings. The van der Waals surface area contributed by atoms with E-state index in [-0.39, 0.29) is 66.4 Å². The number of nitrogens with zero attached hydrogens (tertiary/aromatic N) is 1. The summed E-state index contributed by atoms with van der Waals surface area (Å²) in [7, 11) is -2.99. The van der Waals surface area contributed by atoms with Gasteiger partial charge in [0.15, 0.2) is 15.8 Å². The van der Waals surface area contributed by atoms with Gasteiger partial charge in [-0.1, -0.05) is 19.1 Å². The number of aryl methyl sites for hydroxylation is 1. The molecule has 1 atom stereocenters. The normalized spacial score (nSPS) is 19.1. The highest BCUT2D eigenvalue weighted by Crippen LogP contribution is 2.12. The topological polar surface area (TPSA) is 114 Å². The maximum absolute atomic E-state index is 11.8. The van der Waals surface area contributed by atoms with Gasteiger partial charge < -0.3 is 16.4 Å². The van der Waals surface area contributed by atoms with E-state index in [4.69, 9.17) is 5.73 Å². The Morgan fingerprint density at radius 2 is 2.16 bits per heavy atom. The molecule has 1 amide bonds. The van der Waals surface area contributed by atoms with Crippen LogP contribution in [0.15, 0.2) is 29.3 Å². The average molecular weight is 480 g/mol. The molecule has 1 unspecified atom stereocenters. The zero-order valence-electron chi connectivity index (χ0n) is 14.2. The van der Waals surface area contributed by atoms with Crippen molar-refractivity contribution in [2.45, 2.75) is 32.2 Å². The minimum absolute atomic E-state index is 0. The summed E-state index contributed by atoms with van der Waals surface area (Å²) >= 11 is 0. The number of anilines is 1.